The van der Waals surface area contributed by atoms with Gasteiger partial charge in [-0.2, -0.15) is 5.26 Å². The predicted octanol–water partition coefficient (Wildman–Crippen LogP) is 3.66. The molecule has 0 fully saturated rings. The summed E-state index contributed by atoms with van der Waals surface area (Å²) in [6.07, 6.45) is 2.83. The van der Waals surface area contributed by atoms with Crippen molar-refractivity contribution in [2.75, 3.05) is 11.9 Å². The zero-order valence-electron chi connectivity index (χ0n) is 13.5. The van der Waals surface area contributed by atoms with E-state index in [1.54, 1.807) is 26.0 Å². The molecule has 0 bridgehead atoms. The second-order valence-electron chi connectivity index (χ2n) is 4.86. The van der Waals surface area contributed by atoms with Crippen LogP contribution < -0.4 is 5.32 Å². The van der Waals surface area contributed by atoms with Crippen molar-refractivity contribution in [2.45, 2.75) is 20.8 Å². The van der Waals surface area contributed by atoms with E-state index in [1.165, 1.54) is 12.2 Å². The number of nitrogens with zero attached hydrogens (tertiary/aromatic N) is 1. The number of thiophene rings is 1. The van der Waals surface area contributed by atoms with E-state index in [1.807, 2.05) is 13.0 Å². The number of rotatable bonds is 5. The average Bonchev–Trinajstić information content (AvgIpc) is 3.09. The zero-order valence-corrected chi connectivity index (χ0v) is 14.3. The Hall–Kier alpha value is -2.85. The maximum Gasteiger partial charge on any atom is 0.348 e. The summed E-state index contributed by atoms with van der Waals surface area (Å²) in [6, 6.07) is 5.54. The van der Waals surface area contributed by atoms with Crippen LogP contribution in [0.15, 0.2) is 22.6 Å². The first kappa shape index (κ1) is 17.5. The van der Waals surface area contributed by atoms with Crippen molar-refractivity contribution >= 4 is 34.3 Å². The number of hydrogen-bond donors (Lipinski definition) is 1. The molecule has 2 aromatic heterocycles. The average molecular weight is 344 g/mol. The summed E-state index contributed by atoms with van der Waals surface area (Å²) in [5, 5.41) is 12.2. The van der Waals surface area contributed by atoms with Crippen LogP contribution in [0.3, 0.4) is 0 Å². The van der Waals surface area contributed by atoms with Gasteiger partial charge in [0, 0.05) is 6.08 Å². The van der Waals surface area contributed by atoms with Crippen molar-refractivity contribution in [1.29, 1.82) is 5.26 Å². The van der Waals surface area contributed by atoms with Gasteiger partial charge in [-0.3, -0.25) is 4.79 Å². The highest BCUT2D eigenvalue weighted by atomic mass is 32.1. The molecular weight excluding hydrogens is 328 g/mol. The summed E-state index contributed by atoms with van der Waals surface area (Å²) in [7, 11) is 0. The summed E-state index contributed by atoms with van der Waals surface area (Å²) in [6.45, 7) is 5.40. The Morgan fingerprint density at radius 1 is 1.42 bits per heavy atom. The first-order valence-corrected chi connectivity index (χ1v) is 8.04. The Morgan fingerprint density at radius 3 is 2.75 bits per heavy atom. The minimum atomic E-state index is -0.501. The first-order chi connectivity index (χ1) is 11.5. The lowest BCUT2D eigenvalue weighted by Gasteiger charge is -1.98. The Bertz CT molecular complexity index is 839. The number of carbonyl (C=O) groups is 2. The van der Waals surface area contributed by atoms with Gasteiger partial charge >= 0.3 is 5.97 Å². The Labute approximate surface area is 143 Å². The molecule has 1 amide bonds. The molecule has 0 saturated carbocycles. The summed E-state index contributed by atoms with van der Waals surface area (Å²) in [4.78, 5) is 24.2. The smallest absolute Gasteiger partial charge is 0.348 e. The van der Waals surface area contributed by atoms with Gasteiger partial charge in [0.05, 0.1) is 12.2 Å². The molecule has 0 atom stereocenters. The van der Waals surface area contributed by atoms with Gasteiger partial charge in [-0.05, 0) is 44.5 Å². The van der Waals surface area contributed by atoms with E-state index < -0.39 is 11.9 Å². The lowest BCUT2D eigenvalue weighted by molar-refractivity contribution is -0.111. The molecule has 0 radical (unpaired) electrons. The van der Waals surface area contributed by atoms with Crippen LogP contribution in [0.4, 0.5) is 5.00 Å². The molecule has 124 valence electrons. The Balaban J connectivity index is 2.18. The van der Waals surface area contributed by atoms with Gasteiger partial charge in [0.25, 0.3) is 0 Å². The third-order valence-corrected chi connectivity index (χ3v) is 4.30. The van der Waals surface area contributed by atoms with Crippen molar-refractivity contribution in [2.24, 2.45) is 0 Å². The number of hydrogen-bond acceptors (Lipinski definition) is 6. The number of ether oxygens (including phenoxy) is 1. The standard InChI is InChI=1S/C17H16N2O4S/c1-4-22-17(21)15-11(3)13(9-18)16(24-15)19-14(20)8-7-12-6-5-10(2)23-12/h5-8H,4H2,1-3H3,(H,19,20). The fourth-order valence-electron chi connectivity index (χ4n) is 1.98. The molecule has 0 saturated heterocycles. The number of anilines is 1. The predicted molar refractivity (Wildman–Crippen MR) is 90.8 cm³/mol. The van der Waals surface area contributed by atoms with Gasteiger partial charge in [0.2, 0.25) is 5.91 Å². The van der Waals surface area contributed by atoms with E-state index in [0.29, 0.717) is 21.2 Å². The van der Waals surface area contributed by atoms with Gasteiger partial charge < -0.3 is 14.5 Å². The highest BCUT2D eigenvalue weighted by Gasteiger charge is 2.21. The number of carbonyl (C=O) groups excluding carboxylic acids is 2. The summed E-state index contributed by atoms with van der Waals surface area (Å²) >= 11 is 1.03. The number of esters is 1. The van der Waals surface area contributed by atoms with Crippen molar-refractivity contribution in [3.8, 4) is 6.07 Å². The van der Waals surface area contributed by atoms with Crippen LogP contribution in [-0.4, -0.2) is 18.5 Å². The van der Waals surface area contributed by atoms with E-state index in [4.69, 9.17) is 9.15 Å². The molecule has 0 aromatic carbocycles. The SMILES string of the molecule is CCOC(=O)c1sc(NC(=O)C=Cc2ccc(C)o2)c(C#N)c1C. The molecule has 6 nitrogen and oxygen atoms in total. The van der Waals surface area contributed by atoms with Crippen LogP contribution in [0, 0.1) is 25.2 Å². The van der Waals surface area contributed by atoms with Crippen molar-refractivity contribution in [1.82, 2.24) is 0 Å². The number of nitrogens with one attached hydrogen (secondary N) is 1. The molecule has 0 unspecified atom stereocenters. The molecule has 0 spiro atoms. The largest absolute Gasteiger partial charge is 0.462 e. The Morgan fingerprint density at radius 2 is 2.17 bits per heavy atom. The van der Waals surface area contributed by atoms with E-state index in [9.17, 15) is 14.9 Å². The third-order valence-electron chi connectivity index (χ3n) is 3.12. The first-order valence-electron chi connectivity index (χ1n) is 7.22. The molecule has 0 aliphatic rings. The minimum absolute atomic E-state index is 0.241. The number of aryl methyl sites for hydroxylation is 1. The van der Waals surface area contributed by atoms with Crippen molar-refractivity contribution in [3.63, 3.8) is 0 Å². The van der Waals surface area contributed by atoms with Crippen LogP contribution in [0.25, 0.3) is 6.08 Å². The van der Waals surface area contributed by atoms with Crippen LogP contribution in [0.1, 0.15) is 39.2 Å². The maximum absolute atomic E-state index is 12.0. The minimum Gasteiger partial charge on any atom is -0.462 e. The van der Waals surface area contributed by atoms with Gasteiger partial charge in [0.15, 0.2) is 0 Å². The van der Waals surface area contributed by atoms with E-state index in [-0.39, 0.29) is 12.2 Å². The third kappa shape index (κ3) is 3.91. The van der Waals surface area contributed by atoms with Gasteiger partial charge in [-0.15, -0.1) is 11.3 Å². The lowest BCUT2D eigenvalue weighted by atomic mass is 10.2. The van der Waals surface area contributed by atoms with Gasteiger partial charge in [-0.25, -0.2) is 4.79 Å². The number of amides is 1. The normalized spacial score (nSPS) is 10.6. The Kier molecular flexibility index (Phi) is 5.55. The molecule has 2 heterocycles. The van der Waals surface area contributed by atoms with E-state index in [2.05, 4.69) is 5.32 Å². The molecule has 1 N–H and O–H groups in total. The van der Waals surface area contributed by atoms with Crippen LogP contribution in [0.5, 0.6) is 0 Å². The second-order valence-corrected chi connectivity index (χ2v) is 5.88. The summed E-state index contributed by atoms with van der Waals surface area (Å²) in [5.41, 5.74) is 0.764. The number of nitriles is 1. The van der Waals surface area contributed by atoms with E-state index in [0.717, 1.165) is 17.1 Å². The highest BCUT2D eigenvalue weighted by Crippen LogP contribution is 2.33. The fraction of sp³-hybridized carbons (Fsp3) is 0.235. The lowest BCUT2D eigenvalue weighted by Crippen LogP contribution is -2.07. The van der Waals surface area contributed by atoms with Crippen molar-refractivity contribution in [3.05, 3.63) is 45.7 Å². The van der Waals surface area contributed by atoms with E-state index >= 15 is 0 Å². The maximum atomic E-state index is 12.0. The van der Waals surface area contributed by atoms with Crippen LogP contribution in [-0.2, 0) is 9.53 Å². The molecule has 2 aromatic rings. The monoisotopic (exact) mass is 344 g/mol. The highest BCUT2D eigenvalue weighted by molar-refractivity contribution is 7.18. The molecule has 2 rings (SSSR count). The fourth-order valence-corrected chi connectivity index (χ4v) is 3.04. The van der Waals surface area contributed by atoms with Crippen LogP contribution in [0.2, 0.25) is 0 Å². The second kappa shape index (κ2) is 7.62. The summed E-state index contributed by atoms with van der Waals surface area (Å²) < 4.78 is 10.3. The molecule has 0 aliphatic carbocycles. The van der Waals surface area contributed by atoms with Gasteiger partial charge in [-0.1, -0.05) is 0 Å². The molecular formula is C17H16N2O4S. The zero-order chi connectivity index (χ0) is 17.7. The van der Waals surface area contributed by atoms with Crippen LogP contribution >= 0.6 is 11.3 Å². The molecule has 7 heteroatoms. The summed E-state index contributed by atoms with van der Waals surface area (Å²) in [5.74, 6) is 0.378. The molecule has 0 aliphatic heterocycles. The quantitative estimate of drug-likeness (QED) is 0.660. The number of furan rings is 1. The van der Waals surface area contributed by atoms with Gasteiger partial charge in [0.1, 0.15) is 27.5 Å². The molecule has 24 heavy (non-hydrogen) atoms. The van der Waals surface area contributed by atoms with Crippen molar-refractivity contribution < 1.29 is 18.7 Å². The topological polar surface area (TPSA) is 92.3 Å².